The van der Waals surface area contributed by atoms with Gasteiger partial charge in [0.25, 0.3) is 0 Å². The zero-order valence-electron chi connectivity index (χ0n) is 14.2. The zero-order chi connectivity index (χ0) is 20.1. The van der Waals surface area contributed by atoms with Crippen molar-refractivity contribution < 1.29 is 27.9 Å². The molecule has 2 aromatic carbocycles. The third-order valence-electron chi connectivity index (χ3n) is 3.94. The lowest BCUT2D eigenvalue weighted by atomic mass is 10.1. The normalized spacial score (nSPS) is 12.0. The van der Waals surface area contributed by atoms with E-state index in [0.29, 0.717) is 31.4 Å². The standard InChI is InChI=1S/C18H19BrF2NO4P/c19-16-12-14(6-8-15(16)18(20,21)27(24,25)26)10-11-22-17(23)9-7-13-4-2-1-3-5-13/h1-6,8,12H,7,9-11H2,(H,22,23)(H2,24,25,26). The van der Waals surface area contributed by atoms with Gasteiger partial charge in [0.1, 0.15) is 0 Å². The molecule has 0 aliphatic carbocycles. The molecule has 0 fully saturated rings. The number of carbonyl (C=O) groups is 1. The lowest BCUT2D eigenvalue weighted by molar-refractivity contribution is -0.121. The lowest BCUT2D eigenvalue weighted by Crippen LogP contribution is -2.25. The third-order valence-corrected chi connectivity index (χ3v) is 5.57. The minimum atomic E-state index is -5.62. The fourth-order valence-electron chi connectivity index (χ4n) is 2.45. The molecule has 0 aliphatic rings. The highest BCUT2D eigenvalue weighted by molar-refractivity contribution is 9.10. The van der Waals surface area contributed by atoms with E-state index in [0.717, 1.165) is 11.6 Å². The quantitative estimate of drug-likeness (QED) is 0.519. The molecule has 5 nitrogen and oxygen atoms in total. The van der Waals surface area contributed by atoms with Gasteiger partial charge in [-0.2, -0.15) is 8.78 Å². The fourth-order valence-corrected chi connectivity index (χ4v) is 3.79. The number of nitrogens with one attached hydrogen (secondary N) is 1. The van der Waals surface area contributed by atoms with Crippen LogP contribution in [0.25, 0.3) is 0 Å². The predicted molar refractivity (Wildman–Crippen MR) is 102 cm³/mol. The van der Waals surface area contributed by atoms with Gasteiger partial charge in [0.2, 0.25) is 5.91 Å². The summed E-state index contributed by atoms with van der Waals surface area (Å²) >= 11 is 2.94. The van der Waals surface area contributed by atoms with E-state index in [-0.39, 0.29) is 10.4 Å². The molecule has 0 heterocycles. The second-order valence-electron chi connectivity index (χ2n) is 5.99. The maximum atomic E-state index is 13.8. The van der Waals surface area contributed by atoms with Gasteiger partial charge < -0.3 is 15.1 Å². The fraction of sp³-hybridized carbons (Fsp3) is 0.278. The molecule has 0 radical (unpaired) electrons. The topological polar surface area (TPSA) is 86.6 Å². The molecular weight excluding hydrogens is 443 g/mol. The van der Waals surface area contributed by atoms with Crippen LogP contribution in [0.15, 0.2) is 53.0 Å². The lowest BCUT2D eigenvalue weighted by Gasteiger charge is -2.19. The highest BCUT2D eigenvalue weighted by Crippen LogP contribution is 2.60. The van der Waals surface area contributed by atoms with Crippen LogP contribution in [0.3, 0.4) is 0 Å². The molecule has 0 spiro atoms. The number of amides is 1. The van der Waals surface area contributed by atoms with Crippen LogP contribution in [-0.2, 0) is 27.9 Å². The molecule has 2 aromatic rings. The Kier molecular flexibility index (Phi) is 7.28. The maximum Gasteiger partial charge on any atom is 0.399 e. The Morgan fingerprint density at radius 1 is 1.07 bits per heavy atom. The highest BCUT2D eigenvalue weighted by atomic mass is 79.9. The average Bonchev–Trinajstić information content (AvgIpc) is 2.60. The van der Waals surface area contributed by atoms with Crippen molar-refractivity contribution in [1.29, 1.82) is 0 Å². The maximum absolute atomic E-state index is 13.8. The van der Waals surface area contributed by atoms with Crippen molar-refractivity contribution in [3.05, 3.63) is 69.7 Å². The number of hydrogen-bond acceptors (Lipinski definition) is 2. The van der Waals surface area contributed by atoms with Crippen LogP contribution in [-0.4, -0.2) is 22.2 Å². The molecule has 2 rings (SSSR count). The molecule has 0 saturated carbocycles. The van der Waals surface area contributed by atoms with Crippen LogP contribution >= 0.6 is 23.5 Å². The summed E-state index contributed by atoms with van der Waals surface area (Å²) in [7, 11) is -5.62. The molecule has 27 heavy (non-hydrogen) atoms. The van der Waals surface area contributed by atoms with E-state index in [1.807, 2.05) is 30.3 Å². The van der Waals surface area contributed by atoms with Gasteiger partial charge in [-0.15, -0.1) is 0 Å². The molecule has 1 amide bonds. The monoisotopic (exact) mass is 461 g/mol. The second-order valence-corrected chi connectivity index (χ2v) is 8.49. The van der Waals surface area contributed by atoms with E-state index in [1.54, 1.807) is 0 Å². The van der Waals surface area contributed by atoms with Crippen molar-refractivity contribution in [1.82, 2.24) is 5.32 Å². The van der Waals surface area contributed by atoms with Gasteiger partial charge in [0.15, 0.2) is 0 Å². The van der Waals surface area contributed by atoms with Crippen molar-refractivity contribution >= 4 is 29.4 Å². The summed E-state index contributed by atoms with van der Waals surface area (Å²) < 4.78 is 38.5. The van der Waals surface area contributed by atoms with Crippen LogP contribution in [0.2, 0.25) is 0 Å². The SMILES string of the molecule is O=C(CCc1ccccc1)NCCc1ccc(C(F)(F)P(=O)(O)O)c(Br)c1. The van der Waals surface area contributed by atoms with Crippen molar-refractivity contribution in [3.63, 3.8) is 0 Å². The summed E-state index contributed by atoms with van der Waals surface area (Å²) in [6.45, 7) is 0.328. The number of carbonyl (C=O) groups excluding carboxylic acids is 1. The summed E-state index contributed by atoms with van der Waals surface area (Å²) in [4.78, 5) is 29.5. The number of aryl methyl sites for hydroxylation is 1. The van der Waals surface area contributed by atoms with Gasteiger partial charge in [-0.05, 0) is 30.0 Å². The number of rotatable bonds is 8. The number of halogens is 3. The highest BCUT2D eigenvalue weighted by Gasteiger charge is 2.51. The van der Waals surface area contributed by atoms with Crippen molar-refractivity contribution in [3.8, 4) is 0 Å². The largest absolute Gasteiger partial charge is 0.399 e. The molecule has 3 N–H and O–H groups in total. The van der Waals surface area contributed by atoms with Crippen LogP contribution in [0.4, 0.5) is 8.78 Å². The van der Waals surface area contributed by atoms with E-state index in [2.05, 4.69) is 21.2 Å². The Balaban J connectivity index is 1.87. The first-order chi connectivity index (χ1) is 12.6. The van der Waals surface area contributed by atoms with Crippen molar-refractivity contribution in [2.45, 2.75) is 24.9 Å². The summed E-state index contributed by atoms with van der Waals surface area (Å²) in [6, 6.07) is 13.3. The molecule has 0 aliphatic heterocycles. The van der Waals surface area contributed by atoms with Crippen LogP contribution in [0, 0.1) is 0 Å². The van der Waals surface area contributed by atoms with E-state index >= 15 is 0 Å². The first kappa shape index (κ1) is 21.7. The van der Waals surface area contributed by atoms with Gasteiger partial charge in [0, 0.05) is 23.0 Å². The van der Waals surface area contributed by atoms with Gasteiger partial charge in [0.05, 0.1) is 0 Å². The Labute approximate surface area is 164 Å². The first-order valence-electron chi connectivity index (χ1n) is 8.14. The van der Waals surface area contributed by atoms with Gasteiger partial charge >= 0.3 is 13.3 Å². The summed E-state index contributed by atoms with van der Waals surface area (Å²) in [5.41, 5.74) is -3.32. The molecule has 146 valence electrons. The van der Waals surface area contributed by atoms with E-state index < -0.39 is 18.8 Å². The molecule has 9 heteroatoms. The predicted octanol–water partition coefficient (Wildman–Crippen LogP) is 3.97. The molecule has 0 bridgehead atoms. The molecule has 0 saturated heterocycles. The van der Waals surface area contributed by atoms with E-state index in [1.165, 1.54) is 12.1 Å². The second kappa shape index (κ2) is 9.06. The Morgan fingerprint density at radius 3 is 2.33 bits per heavy atom. The van der Waals surface area contributed by atoms with Gasteiger partial charge in [-0.3, -0.25) is 9.36 Å². The smallest absolute Gasteiger partial charge is 0.356 e. The minimum Gasteiger partial charge on any atom is -0.356 e. The Morgan fingerprint density at radius 2 is 1.74 bits per heavy atom. The van der Waals surface area contributed by atoms with Crippen LogP contribution in [0.5, 0.6) is 0 Å². The molecular formula is C18H19BrF2NO4P. The Bertz CT molecular complexity index is 843. The van der Waals surface area contributed by atoms with Gasteiger partial charge in [-0.25, -0.2) is 0 Å². The van der Waals surface area contributed by atoms with Crippen molar-refractivity contribution in [2.75, 3.05) is 6.54 Å². The number of alkyl halides is 2. The number of hydrogen-bond donors (Lipinski definition) is 3. The molecule has 0 unspecified atom stereocenters. The Hall–Kier alpha value is -1.60. The minimum absolute atomic E-state index is 0.0938. The zero-order valence-corrected chi connectivity index (χ0v) is 16.7. The van der Waals surface area contributed by atoms with Crippen LogP contribution < -0.4 is 5.32 Å². The molecule has 0 atom stereocenters. The van der Waals surface area contributed by atoms with E-state index in [4.69, 9.17) is 9.79 Å². The van der Waals surface area contributed by atoms with E-state index in [9.17, 15) is 18.1 Å². The van der Waals surface area contributed by atoms with Crippen LogP contribution in [0.1, 0.15) is 23.1 Å². The van der Waals surface area contributed by atoms with Crippen molar-refractivity contribution in [2.24, 2.45) is 0 Å². The summed E-state index contributed by atoms with van der Waals surface area (Å²) in [5.74, 6) is -0.109. The third kappa shape index (κ3) is 5.94. The number of benzene rings is 2. The average molecular weight is 462 g/mol. The first-order valence-corrected chi connectivity index (χ1v) is 10.5. The van der Waals surface area contributed by atoms with Gasteiger partial charge in [-0.1, -0.05) is 58.4 Å². The molecule has 0 aromatic heterocycles. The summed E-state index contributed by atoms with van der Waals surface area (Å²) in [6.07, 6.45) is 1.38. The summed E-state index contributed by atoms with van der Waals surface area (Å²) in [5, 5.41) is 2.76.